The molecule has 10 heteroatoms. The summed E-state index contributed by atoms with van der Waals surface area (Å²) < 4.78 is 8.46. The quantitative estimate of drug-likeness (QED) is 0.440. The van der Waals surface area contributed by atoms with E-state index in [2.05, 4.69) is 10.3 Å². The molecule has 2 aromatic carbocycles. The second-order valence-electron chi connectivity index (χ2n) is 10.7. The van der Waals surface area contributed by atoms with Gasteiger partial charge in [0.15, 0.2) is 13.9 Å². The summed E-state index contributed by atoms with van der Waals surface area (Å²) in [6.45, 7) is 6.26. The number of likely N-dealkylation sites (N-methyl/N-ethyl adjacent to an activating group) is 1. The summed E-state index contributed by atoms with van der Waals surface area (Å²) in [6.07, 6.45) is 2.06. The molecular weight excluding hydrogens is 508 g/mol. The predicted molar refractivity (Wildman–Crippen MR) is 144 cm³/mol. The number of fused-ring (bicyclic) bond motifs is 2. The number of hydrogen-bond donors (Lipinski definition) is 2. The van der Waals surface area contributed by atoms with E-state index in [-0.39, 0.29) is 36.0 Å². The van der Waals surface area contributed by atoms with E-state index < -0.39 is 13.9 Å². The number of aliphatic hydroxyl groups excluding tert-OH is 1. The van der Waals surface area contributed by atoms with Crippen molar-refractivity contribution in [1.29, 1.82) is 0 Å². The van der Waals surface area contributed by atoms with E-state index in [1.807, 2.05) is 68.7 Å². The maximum absolute atomic E-state index is 13.7. The van der Waals surface area contributed by atoms with Crippen LogP contribution in [0.3, 0.4) is 0 Å². The number of amides is 1. The van der Waals surface area contributed by atoms with E-state index in [0.29, 0.717) is 23.7 Å². The topological polar surface area (TPSA) is 101 Å². The fourth-order valence-electron chi connectivity index (χ4n) is 6.32. The summed E-state index contributed by atoms with van der Waals surface area (Å²) in [7, 11) is -0.983. The van der Waals surface area contributed by atoms with E-state index in [0.717, 1.165) is 16.8 Å². The number of benzene rings is 2. The first-order chi connectivity index (χ1) is 17.6. The molecule has 3 aromatic rings. The molecule has 1 spiro atoms. The molecule has 2 N–H and O–H groups in total. The number of carbonyl (C=O) groups is 1. The molecule has 1 aromatic heterocycles. The van der Waals surface area contributed by atoms with Crippen LogP contribution >= 0.6 is 11.6 Å². The molecule has 8 nitrogen and oxygen atoms in total. The van der Waals surface area contributed by atoms with E-state index in [4.69, 9.17) is 16.3 Å². The van der Waals surface area contributed by atoms with Gasteiger partial charge in [-0.3, -0.25) is 9.48 Å². The number of hydrogen-bond acceptors (Lipinski definition) is 6. The van der Waals surface area contributed by atoms with Gasteiger partial charge in [0.25, 0.3) is 5.91 Å². The maximum Gasteiger partial charge on any atom is 0.264 e. The summed E-state index contributed by atoms with van der Waals surface area (Å²) in [4.78, 5) is 26.7. The summed E-state index contributed by atoms with van der Waals surface area (Å²) in [5.41, 5.74) is 1.86. The molecular formula is C27H33ClN4O4Si. The first-order valence-electron chi connectivity index (χ1n) is 12.6. The van der Waals surface area contributed by atoms with Gasteiger partial charge in [0, 0.05) is 41.8 Å². The van der Waals surface area contributed by atoms with Crippen molar-refractivity contribution in [3.8, 4) is 0 Å². The number of halogens is 1. The van der Waals surface area contributed by atoms with Crippen LogP contribution in [0.5, 0.6) is 0 Å². The van der Waals surface area contributed by atoms with Gasteiger partial charge in [-0.15, -0.1) is 5.10 Å². The lowest BCUT2D eigenvalue weighted by atomic mass is 9.82. The summed E-state index contributed by atoms with van der Waals surface area (Å²) in [6, 6.07) is 15.2. The van der Waals surface area contributed by atoms with Gasteiger partial charge >= 0.3 is 0 Å². The molecule has 0 bridgehead atoms. The first-order valence-corrected chi connectivity index (χ1v) is 16.0. The van der Waals surface area contributed by atoms with Crippen LogP contribution in [0.1, 0.15) is 36.1 Å². The number of aromatic nitrogens is 3. The highest BCUT2D eigenvalue weighted by Gasteiger charge is 2.65. The van der Waals surface area contributed by atoms with Crippen molar-refractivity contribution in [2.24, 2.45) is 5.92 Å². The highest BCUT2D eigenvalue weighted by molar-refractivity contribution is 6.71. The monoisotopic (exact) mass is 540 g/mol. The minimum atomic E-state index is -2.74. The standard InChI is InChI=1S/C27H33ClN4O4Si/c1-17-25(37(3,4)35)24(36-27(17)21-14-19(28)10-11-23(21)31(2)26(27)34)12-13-32-15-22(29-30-32)20(16-33)18-8-6-5-7-9-18/h5-11,14-15,17,20,24-25,33,35H,12-13,16H2,1-4H3/t17-,20?,24+,25-,27+/m1/s1. The molecule has 37 heavy (non-hydrogen) atoms. The van der Waals surface area contributed by atoms with Crippen LogP contribution in [0.2, 0.25) is 23.7 Å². The van der Waals surface area contributed by atoms with Crippen LogP contribution < -0.4 is 4.90 Å². The smallest absolute Gasteiger partial charge is 0.264 e. The number of anilines is 1. The number of ether oxygens (including phenoxy) is 1. The predicted octanol–water partition coefficient (Wildman–Crippen LogP) is 3.92. The zero-order valence-corrected chi connectivity index (χ0v) is 23.3. The van der Waals surface area contributed by atoms with Crippen LogP contribution in [-0.2, 0) is 21.7 Å². The van der Waals surface area contributed by atoms with Crippen molar-refractivity contribution in [2.45, 2.75) is 56.1 Å². The lowest BCUT2D eigenvalue weighted by Crippen LogP contribution is -2.45. The Hall–Kier alpha value is -2.56. The van der Waals surface area contributed by atoms with Crippen LogP contribution in [0, 0.1) is 5.92 Å². The number of nitrogens with zero attached hydrogens (tertiary/aromatic N) is 4. The lowest BCUT2D eigenvalue weighted by molar-refractivity contribution is -0.145. The van der Waals surface area contributed by atoms with Gasteiger partial charge in [0.05, 0.1) is 30.0 Å². The Balaban J connectivity index is 1.42. The summed E-state index contributed by atoms with van der Waals surface area (Å²) >= 11 is 6.35. The minimum absolute atomic E-state index is 0.0710. The molecule has 3 heterocycles. The zero-order chi connectivity index (χ0) is 26.5. The van der Waals surface area contributed by atoms with Crippen molar-refractivity contribution < 1.29 is 19.4 Å². The van der Waals surface area contributed by atoms with Crippen LogP contribution in [0.25, 0.3) is 0 Å². The van der Waals surface area contributed by atoms with E-state index in [1.54, 1.807) is 22.7 Å². The normalized spacial score (nSPS) is 26.2. The zero-order valence-electron chi connectivity index (χ0n) is 21.5. The molecule has 1 fully saturated rings. The average Bonchev–Trinajstić information content (AvgIpc) is 3.50. The number of rotatable bonds is 7. The second-order valence-corrected chi connectivity index (χ2v) is 15.1. The Labute approximate surface area is 223 Å². The van der Waals surface area contributed by atoms with Gasteiger partial charge in [-0.05, 0) is 43.3 Å². The number of carbonyl (C=O) groups excluding carboxylic acids is 1. The van der Waals surface area contributed by atoms with Crippen LogP contribution in [0.4, 0.5) is 5.69 Å². The average molecular weight is 541 g/mol. The van der Waals surface area contributed by atoms with Gasteiger partial charge in [-0.2, -0.15) is 0 Å². The molecule has 0 aliphatic carbocycles. The number of aliphatic hydroxyl groups is 1. The molecule has 5 rings (SSSR count). The fraction of sp³-hybridized carbons (Fsp3) is 0.444. The van der Waals surface area contributed by atoms with E-state index >= 15 is 0 Å². The van der Waals surface area contributed by atoms with Gasteiger partial charge in [0.1, 0.15) is 0 Å². The van der Waals surface area contributed by atoms with Gasteiger partial charge in [-0.1, -0.05) is 54.1 Å². The highest BCUT2D eigenvalue weighted by atomic mass is 35.5. The van der Waals surface area contributed by atoms with Crippen molar-refractivity contribution in [1.82, 2.24) is 15.0 Å². The van der Waals surface area contributed by atoms with Gasteiger partial charge < -0.3 is 19.5 Å². The molecule has 1 amide bonds. The van der Waals surface area contributed by atoms with Crippen molar-refractivity contribution in [2.75, 3.05) is 18.6 Å². The molecule has 5 atom stereocenters. The molecule has 2 aliphatic rings. The summed E-state index contributed by atoms with van der Waals surface area (Å²) in [5, 5.41) is 19.2. The van der Waals surface area contributed by atoms with E-state index in [1.165, 1.54) is 0 Å². The Morgan fingerprint density at radius 1 is 1.22 bits per heavy atom. The Morgan fingerprint density at radius 2 is 1.95 bits per heavy atom. The third-order valence-electron chi connectivity index (χ3n) is 8.02. The Kier molecular flexibility index (Phi) is 6.78. The van der Waals surface area contributed by atoms with Gasteiger partial charge in [0.2, 0.25) is 0 Å². The van der Waals surface area contributed by atoms with Crippen LogP contribution in [-0.4, -0.2) is 58.9 Å². The largest absolute Gasteiger partial charge is 0.432 e. The summed E-state index contributed by atoms with van der Waals surface area (Å²) in [5.74, 6) is -0.618. The Bertz CT molecular complexity index is 1300. The fourth-order valence-corrected chi connectivity index (χ4v) is 9.10. The lowest BCUT2D eigenvalue weighted by Gasteiger charge is -2.32. The Morgan fingerprint density at radius 3 is 2.62 bits per heavy atom. The maximum atomic E-state index is 13.7. The van der Waals surface area contributed by atoms with Crippen LogP contribution in [0.15, 0.2) is 54.7 Å². The molecule has 0 saturated carbocycles. The third kappa shape index (κ3) is 4.32. The van der Waals surface area contributed by atoms with Crippen molar-refractivity contribution >= 4 is 31.5 Å². The highest BCUT2D eigenvalue weighted by Crippen LogP contribution is 2.59. The van der Waals surface area contributed by atoms with E-state index in [9.17, 15) is 14.7 Å². The molecule has 2 aliphatic heterocycles. The SMILES string of the molecule is C[C@@H]1[C@@H]([Si](C)(C)O)[C@H](CCn2cc(C(CO)c3ccccc3)nn2)O[C@@]12C(=O)N(C)c1ccc(Cl)cc12. The molecule has 196 valence electrons. The first kappa shape index (κ1) is 26.1. The van der Waals surface area contributed by atoms with Crippen molar-refractivity contribution in [3.63, 3.8) is 0 Å². The third-order valence-corrected chi connectivity index (χ3v) is 10.8. The molecule has 1 saturated heterocycles. The van der Waals surface area contributed by atoms with Crippen molar-refractivity contribution in [3.05, 3.63) is 76.6 Å². The number of aryl methyl sites for hydroxylation is 1. The second kappa shape index (κ2) is 9.63. The van der Waals surface area contributed by atoms with Gasteiger partial charge in [-0.25, -0.2) is 0 Å². The molecule has 1 unspecified atom stereocenters. The minimum Gasteiger partial charge on any atom is -0.432 e. The molecule has 0 radical (unpaired) electrons.